The second-order valence-corrected chi connectivity index (χ2v) is 3.15. The molecular weight excluding hydrogens is 166 g/mol. The van der Waals surface area contributed by atoms with Gasteiger partial charge in [-0.1, -0.05) is 13.8 Å². The maximum Gasteiger partial charge on any atom is 0.316 e. The zero-order valence-electron chi connectivity index (χ0n) is 9.13. The first-order valence-corrected chi connectivity index (χ1v) is 4.79. The summed E-state index contributed by atoms with van der Waals surface area (Å²) in [4.78, 5) is 14.9. The van der Waals surface area contributed by atoms with Gasteiger partial charge in [0.05, 0.1) is 0 Å². The van der Waals surface area contributed by atoms with Crippen molar-refractivity contribution in [1.82, 2.24) is 15.1 Å². The van der Waals surface area contributed by atoms with Crippen molar-refractivity contribution in [2.45, 2.75) is 13.8 Å². The van der Waals surface area contributed by atoms with Crippen molar-refractivity contribution in [3.8, 4) is 0 Å². The van der Waals surface area contributed by atoms with Gasteiger partial charge in [0.15, 0.2) is 0 Å². The quantitative estimate of drug-likeness (QED) is 0.684. The van der Waals surface area contributed by atoms with Crippen LogP contribution < -0.4 is 5.32 Å². The van der Waals surface area contributed by atoms with Gasteiger partial charge in [-0.05, 0) is 13.1 Å². The molecule has 4 nitrogen and oxygen atoms in total. The van der Waals surface area contributed by atoms with Gasteiger partial charge < -0.3 is 15.1 Å². The molecule has 0 atom stereocenters. The third-order valence-corrected chi connectivity index (χ3v) is 2.00. The fraction of sp³-hybridized carbons (Fsp3) is 0.889. The Kier molecular flexibility index (Phi) is 6.32. The van der Waals surface area contributed by atoms with Gasteiger partial charge in [-0.15, -0.1) is 0 Å². The first kappa shape index (κ1) is 12.2. The van der Waals surface area contributed by atoms with Crippen LogP contribution in [0.3, 0.4) is 0 Å². The minimum absolute atomic E-state index is 0.0212. The molecule has 2 amide bonds. The SMILES string of the molecule is CCN(CC)CCNC(=O)N(C)C. The van der Waals surface area contributed by atoms with Crippen LogP contribution in [0.2, 0.25) is 0 Å². The number of amides is 2. The number of hydrogen-bond acceptors (Lipinski definition) is 2. The molecule has 0 aromatic rings. The number of hydrogen-bond donors (Lipinski definition) is 1. The molecule has 0 aliphatic rings. The van der Waals surface area contributed by atoms with E-state index in [2.05, 4.69) is 24.1 Å². The molecular formula is C9H21N3O. The van der Waals surface area contributed by atoms with Crippen LogP contribution in [0.15, 0.2) is 0 Å². The van der Waals surface area contributed by atoms with Crippen molar-refractivity contribution in [3.05, 3.63) is 0 Å². The Morgan fingerprint density at radius 3 is 2.15 bits per heavy atom. The largest absolute Gasteiger partial charge is 0.337 e. The fourth-order valence-electron chi connectivity index (χ4n) is 1.02. The Hall–Kier alpha value is -0.770. The first-order chi connectivity index (χ1) is 6.11. The third kappa shape index (κ3) is 5.47. The highest BCUT2D eigenvalue weighted by Gasteiger charge is 2.02. The highest BCUT2D eigenvalue weighted by Crippen LogP contribution is 1.84. The summed E-state index contributed by atoms with van der Waals surface area (Å²) in [7, 11) is 3.49. The van der Waals surface area contributed by atoms with Gasteiger partial charge in [-0.2, -0.15) is 0 Å². The molecule has 0 aromatic heterocycles. The van der Waals surface area contributed by atoms with Crippen molar-refractivity contribution in [2.24, 2.45) is 0 Å². The number of nitrogens with zero attached hydrogens (tertiary/aromatic N) is 2. The van der Waals surface area contributed by atoms with Crippen LogP contribution in [0, 0.1) is 0 Å². The van der Waals surface area contributed by atoms with Gasteiger partial charge in [0.2, 0.25) is 0 Å². The van der Waals surface area contributed by atoms with E-state index >= 15 is 0 Å². The van der Waals surface area contributed by atoms with E-state index in [-0.39, 0.29) is 6.03 Å². The molecule has 1 N–H and O–H groups in total. The third-order valence-electron chi connectivity index (χ3n) is 2.00. The Morgan fingerprint density at radius 2 is 1.77 bits per heavy atom. The zero-order valence-corrected chi connectivity index (χ0v) is 9.13. The van der Waals surface area contributed by atoms with Crippen LogP contribution in [-0.4, -0.2) is 56.1 Å². The summed E-state index contributed by atoms with van der Waals surface area (Å²) in [5, 5.41) is 2.83. The van der Waals surface area contributed by atoms with E-state index in [1.54, 1.807) is 19.0 Å². The predicted octanol–water partition coefficient (Wildman–Crippen LogP) is 0.599. The van der Waals surface area contributed by atoms with Gasteiger partial charge in [0.25, 0.3) is 0 Å². The molecule has 0 spiro atoms. The Balaban J connectivity index is 3.49. The number of nitrogens with one attached hydrogen (secondary N) is 1. The second kappa shape index (κ2) is 6.71. The van der Waals surface area contributed by atoms with Crippen LogP contribution >= 0.6 is 0 Å². The number of urea groups is 1. The monoisotopic (exact) mass is 187 g/mol. The van der Waals surface area contributed by atoms with Crippen molar-refractivity contribution in [3.63, 3.8) is 0 Å². The smallest absolute Gasteiger partial charge is 0.316 e. The van der Waals surface area contributed by atoms with Gasteiger partial charge in [-0.3, -0.25) is 0 Å². The number of carbonyl (C=O) groups is 1. The molecule has 0 rings (SSSR count). The number of likely N-dealkylation sites (N-methyl/N-ethyl adjacent to an activating group) is 1. The molecule has 0 radical (unpaired) electrons. The molecule has 0 bridgehead atoms. The molecule has 0 aromatic carbocycles. The van der Waals surface area contributed by atoms with Crippen LogP contribution in [0.4, 0.5) is 4.79 Å². The molecule has 78 valence electrons. The van der Waals surface area contributed by atoms with E-state index in [1.807, 2.05) is 0 Å². The summed E-state index contributed by atoms with van der Waals surface area (Å²) < 4.78 is 0. The van der Waals surface area contributed by atoms with Crippen LogP contribution in [0.25, 0.3) is 0 Å². The minimum Gasteiger partial charge on any atom is -0.337 e. The first-order valence-electron chi connectivity index (χ1n) is 4.79. The standard InChI is InChI=1S/C9H21N3O/c1-5-12(6-2)8-7-10-9(13)11(3)4/h5-8H2,1-4H3,(H,10,13). The molecule has 0 heterocycles. The molecule has 4 heteroatoms. The van der Waals surface area contributed by atoms with E-state index in [4.69, 9.17) is 0 Å². The van der Waals surface area contributed by atoms with E-state index < -0.39 is 0 Å². The lowest BCUT2D eigenvalue weighted by atomic mass is 10.4. The van der Waals surface area contributed by atoms with Gasteiger partial charge in [0.1, 0.15) is 0 Å². The molecule has 0 aliphatic carbocycles. The van der Waals surface area contributed by atoms with E-state index in [0.29, 0.717) is 0 Å². The van der Waals surface area contributed by atoms with Crippen molar-refractivity contribution >= 4 is 6.03 Å². The minimum atomic E-state index is -0.0212. The molecule has 13 heavy (non-hydrogen) atoms. The van der Waals surface area contributed by atoms with Crippen molar-refractivity contribution < 1.29 is 4.79 Å². The molecule has 0 saturated heterocycles. The lowest BCUT2D eigenvalue weighted by molar-refractivity contribution is 0.214. The lowest BCUT2D eigenvalue weighted by Gasteiger charge is -2.19. The average molecular weight is 187 g/mol. The summed E-state index contributed by atoms with van der Waals surface area (Å²) in [5.41, 5.74) is 0. The van der Waals surface area contributed by atoms with Gasteiger partial charge in [0, 0.05) is 27.2 Å². The summed E-state index contributed by atoms with van der Waals surface area (Å²) in [5.74, 6) is 0. The zero-order chi connectivity index (χ0) is 10.3. The van der Waals surface area contributed by atoms with Crippen molar-refractivity contribution in [1.29, 1.82) is 0 Å². The van der Waals surface area contributed by atoms with Crippen LogP contribution in [-0.2, 0) is 0 Å². The Morgan fingerprint density at radius 1 is 1.23 bits per heavy atom. The molecule has 0 unspecified atom stereocenters. The second-order valence-electron chi connectivity index (χ2n) is 3.15. The van der Waals surface area contributed by atoms with Gasteiger partial charge in [-0.25, -0.2) is 4.79 Å². The van der Waals surface area contributed by atoms with Crippen molar-refractivity contribution in [2.75, 3.05) is 40.3 Å². The fourth-order valence-corrected chi connectivity index (χ4v) is 1.02. The van der Waals surface area contributed by atoms with E-state index in [1.165, 1.54) is 0 Å². The Bertz CT molecular complexity index is 144. The molecule has 0 fully saturated rings. The highest BCUT2D eigenvalue weighted by atomic mass is 16.2. The van der Waals surface area contributed by atoms with Gasteiger partial charge >= 0.3 is 6.03 Å². The lowest BCUT2D eigenvalue weighted by Crippen LogP contribution is -2.39. The maximum absolute atomic E-state index is 11.1. The Labute approximate surface area is 80.9 Å². The molecule has 0 aliphatic heterocycles. The molecule has 0 saturated carbocycles. The number of carbonyl (C=O) groups excluding carboxylic acids is 1. The summed E-state index contributed by atoms with van der Waals surface area (Å²) in [6.07, 6.45) is 0. The highest BCUT2D eigenvalue weighted by molar-refractivity contribution is 5.73. The average Bonchev–Trinajstić information content (AvgIpc) is 2.12. The summed E-state index contributed by atoms with van der Waals surface area (Å²) in [6.45, 7) is 7.96. The van der Waals surface area contributed by atoms with Crippen LogP contribution in [0.5, 0.6) is 0 Å². The van der Waals surface area contributed by atoms with E-state index in [9.17, 15) is 4.79 Å². The topological polar surface area (TPSA) is 35.6 Å². The predicted molar refractivity (Wildman–Crippen MR) is 54.9 cm³/mol. The maximum atomic E-state index is 11.1. The summed E-state index contributed by atoms with van der Waals surface area (Å²) in [6, 6.07) is -0.0212. The number of rotatable bonds is 5. The normalized spacial score (nSPS) is 10.2. The van der Waals surface area contributed by atoms with Crippen LogP contribution in [0.1, 0.15) is 13.8 Å². The summed E-state index contributed by atoms with van der Waals surface area (Å²) >= 11 is 0. The van der Waals surface area contributed by atoms with E-state index in [0.717, 1.165) is 26.2 Å².